The molecule has 2 aromatic carbocycles. The van der Waals surface area contributed by atoms with Gasteiger partial charge in [-0.3, -0.25) is 4.99 Å². The van der Waals surface area contributed by atoms with Crippen molar-refractivity contribution < 1.29 is 4.74 Å². The number of benzene rings is 2. The lowest BCUT2D eigenvalue weighted by Crippen LogP contribution is -2.43. The average molecular weight is 520 g/mol. The van der Waals surface area contributed by atoms with Crippen molar-refractivity contribution in [2.45, 2.75) is 26.1 Å². The summed E-state index contributed by atoms with van der Waals surface area (Å²) in [5.74, 6) is 0.757. The minimum absolute atomic E-state index is 0. The number of ether oxygens (including phenoxy) is 1. The van der Waals surface area contributed by atoms with Crippen LogP contribution in [-0.4, -0.2) is 47.5 Å². The molecule has 0 radical (unpaired) electrons. The minimum atomic E-state index is 0. The molecular weight excluding hydrogens is 491 g/mol. The Balaban J connectivity index is 0.00000320. The highest BCUT2D eigenvalue weighted by atomic mass is 127. The number of nitrogens with one attached hydrogen (secondary N) is 2. The Hall–Kier alpha value is -2.46. The Bertz CT molecular complexity index is 912. The van der Waals surface area contributed by atoms with Crippen LogP contribution < -0.4 is 10.6 Å². The molecule has 1 unspecified atom stereocenters. The highest BCUT2D eigenvalue weighted by Crippen LogP contribution is 2.24. The minimum Gasteiger partial charge on any atom is -0.383 e. The number of nitrogens with zero attached hydrogens (tertiary/aromatic N) is 4. The first-order valence-corrected chi connectivity index (χ1v) is 9.65. The molecule has 30 heavy (non-hydrogen) atoms. The Morgan fingerprint density at radius 2 is 1.93 bits per heavy atom. The average Bonchev–Trinajstić information content (AvgIpc) is 3.25. The standard InChI is InChI=1S/C22H28N6O.HI/c1-17(14-29-3)27-22(23-2)25-12-20-6-4-5-7-21(20)19-10-8-18(9-11-19)13-28-16-24-15-26-28;/h4-11,15-17H,12-14H2,1-3H3,(H2,23,25,27);1H. The van der Waals surface area contributed by atoms with Crippen molar-refractivity contribution in [3.8, 4) is 11.1 Å². The summed E-state index contributed by atoms with van der Waals surface area (Å²) < 4.78 is 6.99. The summed E-state index contributed by atoms with van der Waals surface area (Å²) in [7, 11) is 3.47. The van der Waals surface area contributed by atoms with Crippen LogP contribution in [0.4, 0.5) is 0 Å². The quantitative estimate of drug-likeness (QED) is 0.271. The second-order valence-electron chi connectivity index (χ2n) is 6.87. The fourth-order valence-corrected chi connectivity index (χ4v) is 3.15. The second-order valence-corrected chi connectivity index (χ2v) is 6.87. The summed E-state index contributed by atoms with van der Waals surface area (Å²) in [4.78, 5) is 8.29. The van der Waals surface area contributed by atoms with Crippen molar-refractivity contribution in [2.24, 2.45) is 4.99 Å². The highest BCUT2D eigenvalue weighted by Gasteiger charge is 2.08. The summed E-state index contributed by atoms with van der Waals surface area (Å²) in [6.45, 7) is 4.07. The van der Waals surface area contributed by atoms with Crippen LogP contribution in [0.5, 0.6) is 0 Å². The first kappa shape index (κ1) is 23.8. The molecule has 1 atom stereocenters. The molecule has 7 nitrogen and oxygen atoms in total. The predicted molar refractivity (Wildman–Crippen MR) is 131 cm³/mol. The van der Waals surface area contributed by atoms with Crippen molar-refractivity contribution in [2.75, 3.05) is 20.8 Å². The van der Waals surface area contributed by atoms with Gasteiger partial charge < -0.3 is 15.4 Å². The van der Waals surface area contributed by atoms with Gasteiger partial charge in [-0.25, -0.2) is 9.67 Å². The van der Waals surface area contributed by atoms with Gasteiger partial charge in [0.05, 0.1) is 13.2 Å². The third-order valence-electron chi connectivity index (χ3n) is 4.56. The molecule has 0 bridgehead atoms. The normalized spacial score (nSPS) is 12.2. The van der Waals surface area contributed by atoms with Crippen molar-refractivity contribution in [3.63, 3.8) is 0 Å². The first-order valence-electron chi connectivity index (χ1n) is 9.65. The molecule has 0 saturated heterocycles. The Morgan fingerprint density at radius 3 is 2.60 bits per heavy atom. The molecule has 0 amide bonds. The molecule has 160 valence electrons. The van der Waals surface area contributed by atoms with Crippen molar-refractivity contribution in [1.82, 2.24) is 25.4 Å². The molecular formula is C22H29IN6O. The van der Waals surface area contributed by atoms with Crippen LogP contribution in [0.3, 0.4) is 0 Å². The van der Waals surface area contributed by atoms with E-state index in [0.29, 0.717) is 19.7 Å². The first-order chi connectivity index (χ1) is 14.2. The molecule has 8 heteroatoms. The van der Waals surface area contributed by atoms with Crippen LogP contribution >= 0.6 is 24.0 Å². The predicted octanol–water partition coefficient (Wildman–Crippen LogP) is 3.31. The number of hydrogen-bond donors (Lipinski definition) is 2. The molecule has 2 N–H and O–H groups in total. The third-order valence-corrected chi connectivity index (χ3v) is 4.56. The van der Waals surface area contributed by atoms with Gasteiger partial charge in [0.2, 0.25) is 0 Å². The number of halogens is 1. The Morgan fingerprint density at radius 1 is 1.17 bits per heavy atom. The van der Waals surface area contributed by atoms with Gasteiger partial charge in [0.1, 0.15) is 12.7 Å². The van der Waals surface area contributed by atoms with E-state index in [1.165, 1.54) is 22.3 Å². The van der Waals surface area contributed by atoms with Crippen molar-refractivity contribution in [3.05, 3.63) is 72.3 Å². The monoisotopic (exact) mass is 520 g/mol. The Labute approximate surface area is 195 Å². The molecule has 0 aliphatic rings. The van der Waals surface area contributed by atoms with E-state index in [1.807, 2.05) is 4.68 Å². The smallest absolute Gasteiger partial charge is 0.191 e. The molecule has 0 spiro atoms. The summed E-state index contributed by atoms with van der Waals surface area (Å²) in [5.41, 5.74) is 4.78. The molecule has 1 aromatic heterocycles. The van der Waals surface area contributed by atoms with E-state index in [-0.39, 0.29) is 30.0 Å². The summed E-state index contributed by atoms with van der Waals surface area (Å²) in [6, 6.07) is 17.2. The van der Waals surface area contributed by atoms with E-state index in [1.54, 1.807) is 26.8 Å². The molecule has 1 heterocycles. The lowest BCUT2D eigenvalue weighted by Gasteiger charge is -2.18. The topological polar surface area (TPSA) is 76.4 Å². The van der Waals surface area contributed by atoms with Crippen LogP contribution in [0.15, 0.2) is 66.2 Å². The fourth-order valence-electron chi connectivity index (χ4n) is 3.15. The van der Waals surface area contributed by atoms with Gasteiger partial charge in [0.25, 0.3) is 0 Å². The maximum Gasteiger partial charge on any atom is 0.191 e. The van der Waals surface area contributed by atoms with Gasteiger partial charge in [-0.1, -0.05) is 48.5 Å². The Kier molecular flexibility index (Phi) is 9.75. The van der Waals surface area contributed by atoms with Crippen molar-refractivity contribution >= 4 is 29.9 Å². The van der Waals surface area contributed by atoms with E-state index in [2.05, 4.69) is 81.2 Å². The van der Waals surface area contributed by atoms with Gasteiger partial charge >= 0.3 is 0 Å². The molecule has 0 fully saturated rings. The SMILES string of the molecule is CN=C(NCc1ccccc1-c1ccc(Cn2cncn2)cc1)NC(C)COC.I. The zero-order chi connectivity index (χ0) is 20.5. The van der Waals surface area contributed by atoms with Crippen molar-refractivity contribution in [1.29, 1.82) is 0 Å². The number of rotatable bonds is 8. The zero-order valence-corrected chi connectivity index (χ0v) is 19.9. The maximum absolute atomic E-state index is 5.18. The number of aliphatic imine (C=N–C) groups is 1. The van der Waals surface area contributed by atoms with Gasteiger partial charge in [-0.2, -0.15) is 5.10 Å². The number of hydrogen-bond acceptors (Lipinski definition) is 4. The number of guanidine groups is 1. The van der Waals surface area contributed by atoms with Gasteiger partial charge in [0, 0.05) is 26.7 Å². The van der Waals surface area contributed by atoms with E-state index >= 15 is 0 Å². The summed E-state index contributed by atoms with van der Waals surface area (Å²) in [6.07, 6.45) is 3.28. The van der Waals surface area contributed by atoms with E-state index < -0.39 is 0 Å². The van der Waals surface area contributed by atoms with Gasteiger partial charge in [-0.05, 0) is 29.2 Å². The van der Waals surface area contributed by atoms with Crippen LogP contribution in [0.1, 0.15) is 18.1 Å². The lowest BCUT2D eigenvalue weighted by atomic mass is 9.98. The van der Waals surface area contributed by atoms with Crippen LogP contribution in [0, 0.1) is 0 Å². The molecule has 0 saturated carbocycles. The largest absolute Gasteiger partial charge is 0.383 e. The van der Waals surface area contributed by atoms with E-state index in [4.69, 9.17) is 4.74 Å². The van der Waals surface area contributed by atoms with Crippen LogP contribution in [0.2, 0.25) is 0 Å². The van der Waals surface area contributed by atoms with Crippen LogP contribution in [0.25, 0.3) is 11.1 Å². The van der Waals surface area contributed by atoms with E-state index in [9.17, 15) is 0 Å². The lowest BCUT2D eigenvalue weighted by molar-refractivity contribution is 0.179. The number of methoxy groups -OCH3 is 1. The van der Waals surface area contributed by atoms with Gasteiger partial charge in [-0.15, -0.1) is 24.0 Å². The third kappa shape index (κ3) is 6.81. The zero-order valence-electron chi connectivity index (χ0n) is 17.6. The molecule has 0 aliphatic heterocycles. The summed E-state index contributed by atoms with van der Waals surface area (Å²) >= 11 is 0. The number of aromatic nitrogens is 3. The molecule has 3 rings (SSSR count). The maximum atomic E-state index is 5.18. The van der Waals surface area contributed by atoms with Crippen LogP contribution in [-0.2, 0) is 17.8 Å². The molecule has 0 aliphatic carbocycles. The van der Waals surface area contributed by atoms with E-state index in [0.717, 1.165) is 5.96 Å². The second kappa shape index (κ2) is 12.3. The summed E-state index contributed by atoms with van der Waals surface area (Å²) in [5, 5.41) is 10.9. The molecule has 3 aromatic rings. The fraction of sp³-hybridized carbons (Fsp3) is 0.318. The highest BCUT2D eigenvalue weighted by molar-refractivity contribution is 14.0. The van der Waals surface area contributed by atoms with Gasteiger partial charge in [0.15, 0.2) is 5.96 Å².